The van der Waals surface area contributed by atoms with Crippen LogP contribution in [0.5, 0.6) is 11.5 Å². The molecule has 0 spiro atoms. The van der Waals surface area contributed by atoms with Crippen molar-refractivity contribution in [1.82, 2.24) is 29.7 Å². The molecular weight excluding hydrogens is 1170 g/mol. The highest BCUT2D eigenvalue weighted by atomic mass is 16.6. The van der Waals surface area contributed by atoms with Crippen molar-refractivity contribution in [3.05, 3.63) is 120 Å². The summed E-state index contributed by atoms with van der Waals surface area (Å²) in [5.41, 5.74) is 1.66. The number of furan rings is 2. The first-order valence-electron chi connectivity index (χ1n) is 29.3. The minimum atomic E-state index is -1.13. The number of rotatable bonds is 24. The molecule has 2 aliphatic heterocycles. The molecule has 0 saturated carbocycles. The number of likely N-dealkylation sites (tertiary alicyclic amines) is 2. The number of hydrogen-bond donors (Lipinski definition) is 5. The van der Waals surface area contributed by atoms with Gasteiger partial charge in [0.2, 0.25) is 17.7 Å². The fourth-order valence-corrected chi connectivity index (χ4v) is 9.12. The van der Waals surface area contributed by atoms with E-state index >= 15 is 0 Å². The van der Waals surface area contributed by atoms with Gasteiger partial charge in [-0.2, -0.15) is 9.97 Å². The lowest BCUT2D eigenvalue weighted by atomic mass is 10.0. The summed E-state index contributed by atoms with van der Waals surface area (Å²) in [4.78, 5) is 100. The van der Waals surface area contributed by atoms with Crippen molar-refractivity contribution in [3.8, 4) is 36.2 Å². The molecule has 4 aromatic heterocycles. The van der Waals surface area contributed by atoms with Crippen molar-refractivity contribution < 1.29 is 62.0 Å². The van der Waals surface area contributed by atoms with E-state index in [2.05, 4.69) is 47.2 Å². The Bertz CT molecular complexity index is 3340. The van der Waals surface area contributed by atoms with Gasteiger partial charge in [0.1, 0.15) is 34.9 Å². The number of aromatic nitrogens is 4. The molecule has 488 valence electrons. The predicted octanol–water partition coefficient (Wildman–Crippen LogP) is 10.5. The van der Waals surface area contributed by atoms with Crippen LogP contribution in [0.2, 0.25) is 0 Å². The number of hydrogen-bond acceptors (Lipinski definition) is 20. The quantitative estimate of drug-likeness (QED) is 0.0278. The summed E-state index contributed by atoms with van der Waals surface area (Å²) in [6.07, 6.45) is 20.4. The molecular formula is C66H86N12O13. The van der Waals surface area contributed by atoms with E-state index in [9.17, 15) is 33.9 Å². The maximum Gasteiger partial charge on any atom is 0.415 e. The fraction of sp³-hybridized carbons (Fsp3) is 0.424. The third kappa shape index (κ3) is 22.1. The monoisotopic (exact) mass is 1250 g/mol. The van der Waals surface area contributed by atoms with E-state index in [0.29, 0.717) is 73.1 Å². The number of carbonyl (C=O) groups excluding carboxylic acids is 4. The first kappa shape index (κ1) is 73.2. The minimum Gasteiger partial charge on any atom is -0.480 e. The molecule has 5 N–H and O–H groups in total. The zero-order valence-corrected chi connectivity index (χ0v) is 51.3. The highest BCUT2D eigenvalue weighted by Crippen LogP contribution is 2.30. The lowest BCUT2D eigenvalue weighted by molar-refractivity contribution is -0.155. The van der Waals surface area contributed by atoms with Gasteiger partial charge in [0.25, 0.3) is 5.91 Å². The van der Waals surface area contributed by atoms with Gasteiger partial charge in [0, 0.05) is 65.2 Å². The van der Waals surface area contributed by atoms with E-state index in [4.69, 9.17) is 41.6 Å². The molecule has 6 aromatic rings. The number of nitrogens with zero attached hydrogens (tertiary/aromatic N) is 9. The summed E-state index contributed by atoms with van der Waals surface area (Å²) in [7, 11) is 0. The van der Waals surface area contributed by atoms with Gasteiger partial charge in [-0.15, -0.1) is 12.8 Å². The molecule has 91 heavy (non-hydrogen) atoms. The van der Waals surface area contributed by atoms with E-state index in [1.165, 1.54) is 41.8 Å². The van der Waals surface area contributed by atoms with Crippen LogP contribution in [0.3, 0.4) is 0 Å². The topological polar surface area (TPSA) is 301 Å². The SMILES string of the molecule is C.C.C#CCN(C(=O)c1ccco1)c1cnc(N(CC)CC)nc1N[C@@H](Cc1ccc(OC(=O)N2CCCC2)cc1)C(=O)O.C#CCNc1cnc(N(CC)CC)nc1N[C@@H](Cc1ccc(OC(=O)N2CCCC2)cc1)C(=O)OC(C)(C)C.O=C(O)c1ccco1. The number of aromatic carboxylic acids is 1. The third-order valence-corrected chi connectivity index (χ3v) is 13.7. The fourth-order valence-electron chi connectivity index (χ4n) is 9.12. The molecule has 0 radical (unpaired) electrons. The predicted molar refractivity (Wildman–Crippen MR) is 349 cm³/mol. The third-order valence-electron chi connectivity index (χ3n) is 13.7. The summed E-state index contributed by atoms with van der Waals surface area (Å²) in [6.45, 7) is 19.1. The number of benzene rings is 2. The van der Waals surface area contributed by atoms with Crippen molar-refractivity contribution in [2.75, 3.05) is 96.1 Å². The standard InChI is InChI=1S/C30H34N6O6.C29H40N6O4.C5H4O3.2CH4/c1-4-15-36(27(37)25-10-9-18-41-25)24-20-31-29(34(5-2)6-3)33-26(24)32-23(28(38)39)19-21-11-13-22(14-12-21)42-30(40)35-16-7-8-17-35;1-7-16-30-24-20-31-27(34(8-2)9-3)33-25(24)32-23(26(36)39-29(4,5)6)19-21-12-14-22(15-13-21)38-28(37)35-17-10-11-18-35;6-5(7)4-2-1-3-8-4;;/h1,9-14,18,20,23H,5-8,15-17,19H2,2-3H3,(H,38,39)(H,31,32,33);1,12-15,20,23,30H,8-11,16-19H2,2-6H3,(H,31,32,33);1-3H,(H,6,7);2*1H4/t2*23-;;;/m00.../s1. The zero-order valence-electron chi connectivity index (χ0n) is 51.3. The van der Waals surface area contributed by atoms with Gasteiger partial charge in [-0.05, 0) is 134 Å². The molecule has 25 nitrogen and oxygen atoms in total. The Kier molecular flexibility index (Phi) is 29.1. The Morgan fingerprint density at radius 1 is 0.648 bits per heavy atom. The van der Waals surface area contributed by atoms with E-state index in [-0.39, 0.29) is 63.5 Å². The molecule has 2 fully saturated rings. The first-order valence-corrected chi connectivity index (χ1v) is 29.3. The average Bonchev–Trinajstić information content (AvgIpc) is 1.42. The van der Waals surface area contributed by atoms with Crippen LogP contribution in [0.4, 0.5) is 44.5 Å². The summed E-state index contributed by atoms with van der Waals surface area (Å²) in [5.74, 6) is 4.27. The molecule has 25 heteroatoms. The average molecular weight is 1260 g/mol. The van der Waals surface area contributed by atoms with Crippen LogP contribution in [0.25, 0.3) is 0 Å². The van der Waals surface area contributed by atoms with Crippen molar-refractivity contribution >= 4 is 70.9 Å². The smallest absolute Gasteiger partial charge is 0.415 e. The van der Waals surface area contributed by atoms with Gasteiger partial charge >= 0.3 is 30.1 Å². The van der Waals surface area contributed by atoms with Crippen LogP contribution < -0.4 is 40.1 Å². The van der Waals surface area contributed by atoms with Crippen LogP contribution in [-0.2, 0) is 27.2 Å². The van der Waals surface area contributed by atoms with Gasteiger partial charge in [0.15, 0.2) is 17.4 Å². The van der Waals surface area contributed by atoms with Crippen LogP contribution in [0.15, 0.2) is 107 Å². The molecule has 2 aliphatic rings. The summed E-state index contributed by atoms with van der Waals surface area (Å²) in [6, 6.07) is 17.9. The van der Waals surface area contributed by atoms with Crippen LogP contribution in [0, 0.1) is 24.7 Å². The number of aliphatic carboxylic acids is 1. The lowest BCUT2D eigenvalue weighted by Crippen LogP contribution is -2.38. The maximum atomic E-state index is 13.3. The Morgan fingerprint density at radius 2 is 1.11 bits per heavy atom. The van der Waals surface area contributed by atoms with Crippen molar-refractivity contribution in [2.24, 2.45) is 0 Å². The van der Waals surface area contributed by atoms with E-state index < -0.39 is 47.6 Å². The number of nitrogens with one attached hydrogen (secondary N) is 3. The second-order valence-corrected chi connectivity index (χ2v) is 21.2. The van der Waals surface area contributed by atoms with Crippen LogP contribution >= 0.6 is 0 Å². The number of amides is 3. The summed E-state index contributed by atoms with van der Waals surface area (Å²) >= 11 is 0. The van der Waals surface area contributed by atoms with Gasteiger partial charge < -0.3 is 68.8 Å². The highest BCUT2D eigenvalue weighted by Gasteiger charge is 2.30. The zero-order chi connectivity index (χ0) is 64.5. The first-order chi connectivity index (χ1) is 42.8. The number of esters is 1. The molecule has 3 amide bonds. The van der Waals surface area contributed by atoms with Gasteiger partial charge in [-0.3, -0.25) is 9.69 Å². The number of ether oxygens (including phenoxy) is 3. The molecule has 2 saturated heterocycles. The Labute approximate surface area is 532 Å². The number of terminal acetylenes is 2. The maximum absolute atomic E-state index is 13.3. The molecule has 2 aromatic carbocycles. The lowest BCUT2D eigenvalue weighted by Gasteiger charge is -2.26. The number of anilines is 6. The molecule has 6 heterocycles. The molecule has 2 atom stereocenters. The Hall–Kier alpha value is -10.3. The van der Waals surface area contributed by atoms with Crippen LogP contribution in [0.1, 0.15) is 121 Å². The second-order valence-electron chi connectivity index (χ2n) is 21.2. The molecule has 0 unspecified atom stereocenters. The second kappa shape index (κ2) is 36.2. The summed E-state index contributed by atoms with van der Waals surface area (Å²) < 4.78 is 26.5. The van der Waals surface area contributed by atoms with E-state index in [1.54, 1.807) is 58.5 Å². The molecule has 0 aliphatic carbocycles. The van der Waals surface area contributed by atoms with Gasteiger partial charge in [-0.25, -0.2) is 33.9 Å². The number of carbonyl (C=O) groups is 6. The normalized spacial score (nSPS) is 12.8. The van der Waals surface area contributed by atoms with Crippen LogP contribution in [-0.4, -0.2) is 159 Å². The number of carboxylic acids is 2. The summed E-state index contributed by atoms with van der Waals surface area (Å²) in [5, 5.41) is 27.7. The Morgan fingerprint density at radius 3 is 1.53 bits per heavy atom. The van der Waals surface area contributed by atoms with Crippen molar-refractivity contribution in [3.63, 3.8) is 0 Å². The number of carboxylic acid groups (broad SMARTS) is 2. The van der Waals surface area contributed by atoms with Crippen molar-refractivity contribution in [1.29, 1.82) is 0 Å². The van der Waals surface area contributed by atoms with E-state index in [0.717, 1.165) is 57.4 Å². The molecule has 0 bridgehead atoms. The molecule has 8 rings (SSSR count). The van der Waals surface area contributed by atoms with Gasteiger partial charge in [-0.1, -0.05) is 51.0 Å². The van der Waals surface area contributed by atoms with Crippen molar-refractivity contribution in [2.45, 2.75) is 120 Å². The minimum absolute atomic E-state index is 0. The highest BCUT2D eigenvalue weighted by molar-refractivity contribution is 6.06. The largest absolute Gasteiger partial charge is 0.480 e. The Balaban J connectivity index is 0.000000339. The van der Waals surface area contributed by atoms with E-state index in [1.807, 2.05) is 70.4 Å². The van der Waals surface area contributed by atoms with Gasteiger partial charge in [0.05, 0.1) is 43.7 Å².